The zero-order chi connectivity index (χ0) is 13.5. The number of benzene rings is 1. The van der Waals surface area contributed by atoms with Gasteiger partial charge in [-0.25, -0.2) is 4.98 Å². The predicted octanol–water partition coefficient (Wildman–Crippen LogP) is 3.30. The van der Waals surface area contributed by atoms with Gasteiger partial charge in [0.15, 0.2) is 0 Å². The molecule has 0 unspecified atom stereocenters. The molecule has 0 saturated heterocycles. The summed E-state index contributed by atoms with van der Waals surface area (Å²) in [6, 6.07) is 10.4. The van der Waals surface area contributed by atoms with Crippen LogP contribution in [0.3, 0.4) is 0 Å². The van der Waals surface area contributed by atoms with E-state index in [1.54, 1.807) is 18.4 Å². The first-order valence-electron chi connectivity index (χ1n) is 6.12. The van der Waals surface area contributed by atoms with E-state index in [9.17, 15) is 0 Å². The highest BCUT2D eigenvalue weighted by molar-refractivity contribution is 7.98. The third-order valence-electron chi connectivity index (χ3n) is 2.55. The molecule has 5 heteroatoms. The van der Waals surface area contributed by atoms with E-state index in [0.717, 1.165) is 23.0 Å². The van der Waals surface area contributed by atoms with Gasteiger partial charge in [0.05, 0.1) is 18.1 Å². The van der Waals surface area contributed by atoms with Crippen molar-refractivity contribution in [3.05, 3.63) is 45.9 Å². The molecule has 1 aromatic carbocycles. The Bertz CT molecular complexity index is 476. The molecular weight excluding hydrogens is 276 g/mol. The molecule has 19 heavy (non-hydrogen) atoms. The first-order valence-corrected chi connectivity index (χ1v) is 7.92. The number of methoxy groups -OCH3 is 1. The van der Waals surface area contributed by atoms with Gasteiger partial charge in [0, 0.05) is 23.4 Å². The third kappa shape index (κ3) is 4.31. The molecule has 0 aliphatic heterocycles. The van der Waals surface area contributed by atoms with Crippen LogP contribution in [0.2, 0.25) is 0 Å². The summed E-state index contributed by atoms with van der Waals surface area (Å²) in [5, 5.41) is 4.34. The normalized spacial score (nSPS) is 10.8. The number of thiazole rings is 1. The maximum Gasteiger partial charge on any atom is 0.104 e. The number of ether oxygens (including phenoxy) is 1. The van der Waals surface area contributed by atoms with E-state index in [4.69, 9.17) is 4.74 Å². The van der Waals surface area contributed by atoms with Crippen LogP contribution in [-0.4, -0.2) is 19.1 Å². The van der Waals surface area contributed by atoms with Gasteiger partial charge in [0.1, 0.15) is 5.01 Å². The summed E-state index contributed by atoms with van der Waals surface area (Å²) < 4.78 is 5.20. The minimum Gasteiger partial charge on any atom is -0.378 e. The van der Waals surface area contributed by atoms with Crippen LogP contribution < -0.4 is 5.32 Å². The molecule has 0 bridgehead atoms. The fourth-order valence-corrected chi connectivity index (χ4v) is 3.70. The smallest absolute Gasteiger partial charge is 0.104 e. The second kappa shape index (κ2) is 7.65. The molecule has 0 atom stereocenters. The molecule has 0 aliphatic carbocycles. The number of nitrogens with one attached hydrogen (secondary N) is 1. The minimum absolute atomic E-state index is 0.587. The van der Waals surface area contributed by atoms with Crippen LogP contribution in [0.15, 0.2) is 35.2 Å². The lowest BCUT2D eigenvalue weighted by Gasteiger charge is -1.98. The average molecular weight is 294 g/mol. The van der Waals surface area contributed by atoms with E-state index in [2.05, 4.69) is 34.6 Å². The van der Waals surface area contributed by atoms with Crippen molar-refractivity contribution in [1.82, 2.24) is 10.3 Å². The van der Waals surface area contributed by atoms with Gasteiger partial charge in [-0.1, -0.05) is 18.2 Å². The Kier molecular flexibility index (Phi) is 5.85. The molecule has 1 aromatic heterocycles. The Morgan fingerprint density at radius 2 is 2.11 bits per heavy atom. The summed E-state index contributed by atoms with van der Waals surface area (Å²) >= 11 is 3.59. The maximum absolute atomic E-state index is 5.20. The average Bonchev–Trinajstić information content (AvgIpc) is 2.81. The number of rotatable bonds is 7. The molecule has 1 heterocycles. The van der Waals surface area contributed by atoms with Crippen molar-refractivity contribution in [3.8, 4) is 0 Å². The van der Waals surface area contributed by atoms with Gasteiger partial charge in [0.2, 0.25) is 0 Å². The molecule has 2 aromatic rings. The number of thioether (sulfide) groups is 1. The second-order valence-corrected chi connectivity index (χ2v) is 6.26. The summed E-state index contributed by atoms with van der Waals surface area (Å²) in [5.74, 6) is 0.912. The molecule has 0 radical (unpaired) electrons. The Balaban J connectivity index is 2.02. The highest BCUT2D eigenvalue weighted by atomic mass is 32.2. The predicted molar refractivity (Wildman–Crippen MR) is 81.6 cm³/mol. The van der Waals surface area contributed by atoms with E-state index in [-0.39, 0.29) is 0 Å². The quantitative estimate of drug-likeness (QED) is 0.795. The Hall–Kier alpha value is -0.880. The molecule has 0 amide bonds. The third-order valence-corrected chi connectivity index (χ3v) is 4.85. The molecule has 0 saturated carbocycles. The standard InChI is InChI=1S/C14H18N2OS2/c1-15-8-13-12(9-17-2)16-14(19-13)10-18-11-6-4-3-5-7-11/h3-7,15H,8-10H2,1-2H3. The van der Waals surface area contributed by atoms with Crippen LogP contribution in [0.5, 0.6) is 0 Å². The number of aromatic nitrogens is 1. The molecule has 3 nitrogen and oxygen atoms in total. The Labute approximate surface area is 122 Å². The van der Waals surface area contributed by atoms with Gasteiger partial charge >= 0.3 is 0 Å². The zero-order valence-corrected chi connectivity index (χ0v) is 12.8. The Morgan fingerprint density at radius 3 is 2.79 bits per heavy atom. The van der Waals surface area contributed by atoms with Gasteiger partial charge < -0.3 is 10.1 Å². The van der Waals surface area contributed by atoms with Crippen LogP contribution in [0, 0.1) is 0 Å². The largest absolute Gasteiger partial charge is 0.378 e. The van der Waals surface area contributed by atoms with E-state index < -0.39 is 0 Å². The van der Waals surface area contributed by atoms with E-state index in [1.807, 2.05) is 24.9 Å². The lowest BCUT2D eigenvalue weighted by Crippen LogP contribution is -2.06. The zero-order valence-electron chi connectivity index (χ0n) is 11.2. The first kappa shape index (κ1) is 14.5. The van der Waals surface area contributed by atoms with Crippen molar-refractivity contribution in [2.24, 2.45) is 0 Å². The second-order valence-electron chi connectivity index (χ2n) is 4.04. The van der Waals surface area contributed by atoms with Gasteiger partial charge in [-0.2, -0.15) is 0 Å². The summed E-state index contributed by atoms with van der Waals surface area (Å²) in [5.41, 5.74) is 1.06. The SMILES string of the molecule is CNCc1sc(CSc2ccccc2)nc1COC. The van der Waals surface area contributed by atoms with Crippen molar-refractivity contribution >= 4 is 23.1 Å². The van der Waals surface area contributed by atoms with E-state index in [0.29, 0.717) is 6.61 Å². The monoisotopic (exact) mass is 294 g/mol. The molecule has 102 valence electrons. The first-order chi connectivity index (χ1) is 9.33. The van der Waals surface area contributed by atoms with Crippen molar-refractivity contribution in [2.75, 3.05) is 14.2 Å². The number of nitrogens with zero attached hydrogens (tertiary/aromatic N) is 1. The Morgan fingerprint density at radius 1 is 1.32 bits per heavy atom. The topological polar surface area (TPSA) is 34.2 Å². The fourth-order valence-electron chi connectivity index (χ4n) is 1.71. The van der Waals surface area contributed by atoms with Gasteiger partial charge in [-0.05, 0) is 19.2 Å². The van der Waals surface area contributed by atoms with Crippen LogP contribution in [0.4, 0.5) is 0 Å². The van der Waals surface area contributed by atoms with Crippen LogP contribution in [0.1, 0.15) is 15.6 Å². The molecule has 2 rings (SSSR count). The summed E-state index contributed by atoms with van der Waals surface area (Å²) in [6.45, 7) is 1.44. The van der Waals surface area contributed by atoms with Crippen molar-refractivity contribution in [3.63, 3.8) is 0 Å². The molecule has 1 N–H and O–H groups in total. The summed E-state index contributed by atoms with van der Waals surface area (Å²) in [4.78, 5) is 7.22. The molecular formula is C14H18N2OS2. The lowest BCUT2D eigenvalue weighted by molar-refractivity contribution is 0.181. The molecule has 0 fully saturated rings. The fraction of sp³-hybridized carbons (Fsp3) is 0.357. The van der Waals surface area contributed by atoms with Crippen molar-refractivity contribution in [2.45, 2.75) is 23.8 Å². The number of hydrogen-bond donors (Lipinski definition) is 1. The lowest BCUT2D eigenvalue weighted by atomic mass is 10.4. The van der Waals surface area contributed by atoms with Gasteiger partial charge in [-0.3, -0.25) is 0 Å². The van der Waals surface area contributed by atoms with Crippen LogP contribution in [-0.2, 0) is 23.6 Å². The van der Waals surface area contributed by atoms with Crippen LogP contribution >= 0.6 is 23.1 Å². The molecule has 0 aliphatic rings. The summed E-state index contributed by atoms with van der Waals surface area (Å²) in [7, 11) is 3.66. The molecule has 0 spiro atoms. The minimum atomic E-state index is 0.587. The summed E-state index contributed by atoms with van der Waals surface area (Å²) in [6.07, 6.45) is 0. The highest BCUT2D eigenvalue weighted by Gasteiger charge is 2.10. The number of hydrogen-bond acceptors (Lipinski definition) is 5. The van der Waals surface area contributed by atoms with E-state index >= 15 is 0 Å². The van der Waals surface area contributed by atoms with E-state index in [1.165, 1.54) is 9.77 Å². The van der Waals surface area contributed by atoms with Gasteiger partial charge in [-0.15, -0.1) is 23.1 Å². The highest BCUT2D eigenvalue weighted by Crippen LogP contribution is 2.27. The van der Waals surface area contributed by atoms with Gasteiger partial charge in [0.25, 0.3) is 0 Å². The van der Waals surface area contributed by atoms with Crippen LogP contribution in [0.25, 0.3) is 0 Å². The van der Waals surface area contributed by atoms with Crippen molar-refractivity contribution in [1.29, 1.82) is 0 Å². The van der Waals surface area contributed by atoms with Crippen molar-refractivity contribution < 1.29 is 4.74 Å². The maximum atomic E-state index is 5.20.